The predicted molar refractivity (Wildman–Crippen MR) is 70.8 cm³/mol. The molecule has 106 valence electrons. The first-order valence-electron chi connectivity index (χ1n) is 5.29. The molecule has 1 heterocycles. The van der Waals surface area contributed by atoms with Gasteiger partial charge in [0.1, 0.15) is 17.4 Å². The molecule has 0 spiro atoms. The summed E-state index contributed by atoms with van der Waals surface area (Å²) in [6, 6.07) is 3.24. The van der Waals surface area contributed by atoms with Crippen LogP contribution in [0.15, 0.2) is 28.7 Å². The van der Waals surface area contributed by atoms with Crippen LogP contribution in [0.1, 0.15) is 5.56 Å². The molecule has 0 saturated carbocycles. The quantitative estimate of drug-likeness (QED) is 0.658. The summed E-state index contributed by atoms with van der Waals surface area (Å²) in [5.74, 6) is -0.640. The van der Waals surface area contributed by atoms with Gasteiger partial charge in [-0.3, -0.25) is 5.43 Å². The number of halogens is 3. The van der Waals surface area contributed by atoms with Crippen molar-refractivity contribution in [1.29, 1.82) is 0 Å². The summed E-state index contributed by atoms with van der Waals surface area (Å²) in [5.41, 5.74) is 8.19. The highest BCUT2D eigenvalue weighted by atomic mass is 32.1. The SMILES string of the molecule is Nc1csc(NN=Cc2ccc(F)cc2OC(F)F)n1. The minimum atomic E-state index is -3.05. The van der Waals surface area contributed by atoms with Gasteiger partial charge in [-0.1, -0.05) is 0 Å². The van der Waals surface area contributed by atoms with Gasteiger partial charge in [-0.05, 0) is 12.1 Å². The number of hydrogen-bond donors (Lipinski definition) is 2. The summed E-state index contributed by atoms with van der Waals surface area (Å²) in [7, 11) is 0. The number of nitrogens with one attached hydrogen (secondary N) is 1. The molecule has 0 unspecified atom stereocenters. The Morgan fingerprint density at radius 3 is 2.90 bits per heavy atom. The Kier molecular flexibility index (Phi) is 4.41. The molecule has 0 aliphatic rings. The van der Waals surface area contributed by atoms with E-state index in [-0.39, 0.29) is 11.3 Å². The molecule has 0 amide bonds. The lowest BCUT2D eigenvalue weighted by Gasteiger charge is -2.07. The van der Waals surface area contributed by atoms with Gasteiger partial charge in [-0.15, -0.1) is 11.3 Å². The second kappa shape index (κ2) is 6.24. The number of nitrogens with zero attached hydrogens (tertiary/aromatic N) is 2. The Labute approximate surface area is 115 Å². The molecule has 0 bridgehead atoms. The van der Waals surface area contributed by atoms with Gasteiger partial charge in [0.2, 0.25) is 5.13 Å². The summed E-state index contributed by atoms with van der Waals surface area (Å²) >= 11 is 1.23. The fraction of sp³-hybridized carbons (Fsp3) is 0.0909. The number of anilines is 2. The van der Waals surface area contributed by atoms with Crippen LogP contribution in [0.2, 0.25) is 0 Å². The Bertz CT molecular complexity index is 617. The highest BCUT2D eigenvalue weighted by Gasteiger charge is 2.09. The third-order valence-electron chi connectivity index (χ3n) is 2.08. The largest absolute Gasteiger partial charge is 0.434 e. The van der Waals surface area contributed by atoms with Crippen LogP contribution in [0.25, 0.3) is 0 Å². The second-order valence-electron chi connectivity index (χ2n) is 3.51. The summed E-state index contributed by atoms with van der Waals surface area (Å²) in [5, 5.41) is 5.85. The Balaban J connectivity index is 2.11. The Hall–Kier alpha value is -2.29. The fourth-order valence-corrected chi connectivity index (χ4v) is 1.86. The van der Waals surface area contributed by atoms with Crippen molar-refractivity contribution in [1.82, 2.24) is 4.98 Å². The van der Waals surface area contributed by atoms with E-state index in [4.69, 9.17) is 5.73 Å². The van der Waals surface area contributed by atoms with Crippen molar-refractivity contribution in [2.24, 2.45) is 5.10 Å². The fourth-order valence-electron chi connectivity index (χ4n) is 1.31. The highest BCUT2D eigenvalue weighted by Crippen LogP contribution is 2.21. The maximum absolute atomic E-state index is 13.0. The average molecular weight is 302 g/mol. The van der Waals surface area contributed by atoms with Gasteiger partial charge in [0.15, 0.2) is 0 Å². The lowest BCUT2D eigenvalue weighted by atomic mass is 10.2. The molecular formula is C11H9F3N4OS. The van der Waals surface area contributed by atoms with Crippen LogP contribution >= 0.6 is 11.3 Å². The van der Waals surface area contributed by atoms with Crippen LogP contribution in [0, 0.1) is 5.82 Å². The van der Waals surface area contributed by atoms with Crippen molar-refractivity contribution in [3.8, 4) is 5.75 Å². The van der Waals surface area contributed by atoms with E-state index in [9.17, 15) is 13.2 Å². The number of benzene rings is 1. The van der Waals surface area contributed by atoms with Gasteiger partial charge in [-0.2, -0.15) is 13.9 Å². The second-order valence-corrected chi connectivity index (χ2v) is 4.37. The number of thiazole rings is 1. The number of aromatic nitrogens is 1. The van der Waals surface area contributed by atoms with E-state index in [2.05, 4.69) is 20.2 Å². The van der Waals surface area contributed by atoms with Gasteiger partial charge in [0, 0.05) is 17.0 Å². The zero-order valence-corrected chi connectivity index (χ0v) is 10.7. The first-order valence-corrected chi connectivity index (χ1v) is 6.17. The molecule has 0 atom stereocenters. The van der Waals surface area contributed by atoms with E-state index in [0.717, 1.165) is 12.1 Å². The van der Waals surface area contributed by atoms with Crippen molar-refractivity contribution < 1.29 is 17.9 Å². The summed E-state index contributed by atoms with van der Waals surface area (Å²) in [6.07, 6.45) is 1.22. The molecule has 5 nitrogen and oxygen atoms in total. The predicted octanol–water partition coefficient (Wildman–Crippen LogP) is 2.91. The van der Waals surface area contributed by atoms with Crippen molar-refractivity contribution in [3.63, 3.8) is 0 Å². The topological polar surface area (TPSA) is 72.5 Å². The van der Waals surface area contributed by atoms with E-state index in [0.29, 0.717) is 10.9 Å². The number of nitrogen functional groups attached to an aromatic ring is 1. The van der Waals surface area contributed by atoms with Gasteiger partial charge in [0.25, 0.3) is 0 Å². The third-order valence-corrected chi connectivity index (χ3v) is 2.84. The zero-order chi connectivity index (χ0) is 14.5. The number of ether oxygens (including phenoxy) is 1. The molecule has 1 aromatic heterocycles. The van der Waals surface area contributed by atoms with E-state index >= 15 is 0 Å². The number of hydrogen-bond acceptors (Lipinski definition) is 6. The summed E-state index contributed by atoms with van der Waals surface area (Å²) < 4.78 is 41.6. The van der Waals surface area contributed by atoms with E-state index in [1.807, 2.05) is 0 Å². The number of rotatable bonds is 5. The van der Waals surface area contributed by atoms with Crippen molar-refractivity contribution in [3.05, 3.63) is 35.0 Å². The van der Waals surface area contributed by atoms with Crippen LogP contribution < -0.4 is 15.9 Å². The molecule has 0 saturated heterocycles. The van der Waals surface area contributed by atoms with Gasteiger partial charge < -0.3 is 10.5 Å². The molecular weight excluding hydrogens is 293 g/mol. The van der Waals surface area contributed by atoms with E-state index in [1.54, 1.807) is 5.38 Å². The van der Waals surface area contributed by atoms with Crippen LogP contribution in [-0.4, -0.2) is 17.8 Å². The summed E-state index contributed by atoms with van der Waals surface area (Å²) in [6.45, 7) is -3.05. The van der Waals surface area contributed by atoms with E-state index < -0.39 is 12.4 Å². The van der Waals surface area contributed by atoms with Gasteiger partial charge >= 0.3 is 6.61 Å². The van der Waals surface area contributed by atoms with Crippen LogP contribution in [0.5, 0.6) is 5.75 Å². The first-order chi connectivity index (χ1) is 9.54. The van der Waals surface area contributed by atoms with Crippen molar-refractivity contribution in [2.45, 2.75) is 6.61 Å². The molecule has 20 heavy (non-hydrogen) atoms. The summed E-state index contributed by atoms with van der Waals surface area (Å²) in [4.78, 5) is 3.89. The smallest absolute Gasteiger partial charge is 0.387 e. The van der Waals surface area contributed by atoms with E-state index in [1.165, 1.54) is 23.6 Å². The molecule has 2 rings (SSSR count). The standard InChI is InChI=1S/C11H9F3N4OS/c12-7-2-1-6(8(3-7)19-10(13)14)4-16-18-11-17-9(15)5-20-11/h1-5,10H,15H2,(H,17,18). The molecule has 0 radical (unpaired) electrons. The molecule has 1 aromatic carbocycles. The number of alkyl halides is 2. The highest BCUT2D eigenvalue weighted by molar-refractivity contribution is 7.14. The van der Waals surface area contributed by atoms with Crippen molar-refractivity contribution in [2.75, 3.05) is 11.2 Å². The van der Waals surface area contributed by atoms with Gasteiger partial charge in [-0.25, -0.2) is 9.37 Å². The normalized spacial score (nSPS) is 11.2. The minimum Gasteiger partial charge on any atom is -0.434 e. The lowest BCUT2D eigenvalue weighted by Crippen LogP contribution is -2.05. The molecule has 3 N–H and O–H groups in total. The average Bonchev–Trinajstić information content (AvgIpc) is 2.77. The van der Waals surface area contributed by atoms with Gasteiger partial charge in [0.05, 0.1) is 6.21 Å². The molecule has 0 aliphatic heterocycles. The molecule has 0 aliphatic carbocycles. The molecule has 0 fully saturated rings. The molecule has 9 heteroatoms. The third kappa shape index (κ3) is 3.85. The minimum absolute atomic E-state index is 0.198. The maximum atomic E-state index is 13.0. The number of nitrogens with two attached hydrogens (primary N) is 1. The number of hydrazone groups is 1. The molecule has 2 aromatic rings. The van der Waals surface area contributed by atoms with Crippen molar-refractivity contribution >= 4 is 28.5 Å². The maximum Gasteiger partial charge on any atom is 0.387 e. The van der Waals surface area contributed by atoms with Crippen LogP contribution in [-0.2, 0) is 0 Å². The Morgan fingerprint density at radius 2 is 2.25 bits per heavy atom. The zero-order valence-electron chi connectivity index (χ0n) is 9.89. The lowest BCUT2D eigenvalue weighted by molar-refractivity contribution is -0.0500. The Morgan fingerprint density at radius 1 is 1.45 bits per heavy atom. The first kappa shape index (κ1) is 14.1. The van der Waals surface area contributed by atoms with Crippen LogP contribution in [0.4, 0.5) is 24.1 Å². The monoisotopic (exact) mass is 302 g/mol. The van der Waals surface area contributed by atoms with Crippen LogP contribution in [0.3, 0.4) is 0 Å².